The van der Waals surface area contributed by atoms with Crippen molar-refractivity contribution >= 4 is 35.6 Å². The van der Waals surface area contributed by atoms with Crippen molar-refractivity contribution in [3.8, 4) is 5.75 Å². The molecule has 3 aromatic carbocycles. The fourth-order valence-electron chi connectivity index (χ4n) is 2.68. The summed E-state index contributed by atoms with van der Waals surface area (Å²) in [5, 5.41) is 14.6. The molecule has 0 saturated carbocycles. The lowest BCUT2D eigenvalue weighted by atomic mass is 10.3. The van der Waals surface area contributed by atoms with Gasteiger partial charge in [0.15, 0.2) is 0 Å². The van der Waals surface area contributed by atoms with E-state index in [1.54, 1.807) is 11.8 Å². The van der Waals surface area contributed by atoms with E-state index in [0.29, 0.717) is 5.75 Å². The van der Waals surface area contributed by atoms with Gasteiger partial charge in [-0.2, -0.15) is 0 Å². The van der Waals surface area contributed by atoms with E-state index in [1.807, 2.05) is 18.2 Å². The molecule has 1 nitrogen and oxygen atoms in total. The summed E-state index contributed by atoms with van der Waals surface area (Å²) < 4.78 is 0.0539. The van der Waals surface area contributed by atoms with Gasteiger partial charge in [0.1, 0.15) is 5.75 Å². The molecule has 128 valence electrons. The Labute approximate surface area is 155 Å². The first-order valence-electron chi connectivity index (χ1n) is 8.37. The van der Waals surface area contributed by atoms with Crippen molar-refractivity contribution in [1.29, 1.82) is 0 Å². The SMILES string of the molecule is CC(C)(C)Sc1cccc(P(c2ccccc2)c2ccccc2)c1O. The van der Waals surface area contributed by atoms with Crippen LogP contribution in [0.1, 0.15) is 20.8 Å². The van der Waals surface area contributed by atoms with Gasteiger partial charge < -0.3 is 5.11 Å². The largest absolute Gasteiger partial charge is 0.506 e. The molecule has 0 fully saturated rings. The van der Waals surface area contributed by atoms with Gasteiger partial charge in [0.25, 0.3) is 0 Å². The average molecular weight is 366 g/mol. The second-order valence-electron chi connectivity index (χ2n) is 6.84. The molecule has 1 N–H and O–H groups in total. The third-order valence-electron chi connectivity index (χ3n) is 3.66. The molecule has 0 radical (unpaired) electrons. The number of rotatable bonds is 4. The summed E-state index contributed by atoms with van der Waals surface area (Å²) in [7, 11) is -0.788. The van der Waals surface area contributed by atoms with Crippen LogP contribution in [0.2, 0.25) is 0 Å². The quantitative estimate of drug-likeness (QED) is 0.516. The number of phenolic OH excluding ortho intramolecular Hbond substituents is 1. The van der Waals surface area contributed by atoms with Gasteiger partial charge in [-0.15, -0.1) is 11.8 Å². The molecule has 3 aromatic rings. The Morgan fingerprint density at radius 1 is 0.720 bits per heavy atom. The summed E-state index contributed by atoms with van der Waals surface area (Å²) in [6.45, 7) is 6.50. The number of hydrogen-bond donors (Lipinski definition) is 1. The minimum Gasteiger partial charge on any atom is -0.506 e. The van der Waals surface area contributed by atoms with Gasteiger partial charge in [0.2, 0.25) is 0 Å². The van der Waals surface area contributed by atoms with E-state index in [2.05, 4.69) is 81.4 Å². The fourth-order valence-corrected chi connectivity index (χ4v) is 6.14. The minimum atomic E-state index is -0.788. The smallest absolute Gasteiger partial charge is 0.137 e. The van der Waals surface area contributed by atoms with Crippen LogP contribution >= 0.6 is 19.7 Å². The standard InChI is InChI=1S/C22H23OPS/c1-22(2,3)25-20-16-10-15-19(21(20)23)24(17-11-6-4-7-12-17)18-13-8-5-9-14-18/h4-16,23H,1-3H3. The van der Waals surface area contributed by atoms with Crippen molar-refractivity contribution in [2.75, 3.05) is 0 Å². The number of aromatic hydroxyl groups is 1. The maximum atomic E-state index is 11.0. The highest BCUT2D eigenvalue weighted by Gasteiger charge is 2.23. The van der Waals surface area contributed by atoms with Crippen LogP contribution in [0.3, 0.4) is 0 Å². The van der Waals surface area contributed by atoms with Gasteiger partial charge in [0.05, 0.1) is 4.90 Å². The molecule has 0 aliphatic carbocycles. The normalized spacial score (nSPS) is 11.7. The lowest BCUT2D eigenvalue weighted by Gasteiger charge is -2.23. The van der Waals surface area contributed by atoms with E-state index in [9.17, 15) is 5.11 Å². The minimum absolute atomic E-state index is 0.0539. The van der Waals surface area contributed by atoms with Crippen molar-refractivity contribution in [3.05, 3.63) is 78.9 Å². The molecule has 3 rings (SSSR count). The van der Waals surface area contributed by atoms with Crippen molar-refractivity contribution < 1.29 is 5.11 Å². The van der Waals surface area contributed by atoms with Crippen LogP contribution in [0.5, 0.6) is 5.75 Å². The third kappa shape index (κ3) is 4.45. The molecule has 0 saturated heterocycles. The molecule has 0 bridgehead atoms. The molecule has 0 atom stereocenters. The van der Waals surface area contributed by atoms with Crippen LogP contribution in [0.15, 0.2) is 83.8 Å². The summed E-state index contributed by atoms with van der Waals surface area (Å²) in [6, 6.07) is 27.1. The van der Waals surface area contributed by atoms with E-state index in [-0.39, 0.29) is 4.75 Å². The highest BCUT2D eigenvalue weighted by molar-refractivity contribution is 8.00. The maximum absolute atomic E-state index is 11.0. The number of thioether (sulfide) groups is 1. The second kappa shape index (κ2) is 7.64. The van der Waals surface area contributed by atoms with Crippen LogP contribution < -0.4 is 15.9 Å². The van der Waals surface area contributed by atoms with Crippen molar-refractivity contribution in [2.24, 2.45) is 0 Å². The predicted molar refractivity (Wildman–Crippen MR) is 112 cm³/mol. The van der Waals surface area contributed by atoms with E-state index in [0.717, 1.165) is 10.2 Å². The van der Waals surface area contributed by atoms with Crippen LogP contribution in [0.4, 0.5) is 0 Å². The second-order valence-corrected chi connectivity index (χ2v) is 10.9. The Morgan fingerprint density at radius 3 is 1.72 bits per heavy atom. The molecule has 0 aromatic heterocycles. The van der Waals surface area contributed by atoms with Gasteiger partial charge in [-0.3, -0.25) is 0 Å². The topological polar surface area (TPSA) is 20.2 Å². The summed E-state index contributed by atoms with van der Waals surface area (Å²) in [5.41, 5.74) is 0. The van der Waals surface area contributed by atoms with Gasteiger partial charge in [-0.05, 0) is 24.6 Å². The van der Waals surface area contributed by atoms with Gasteiger partial charge in [-0.25, -0.2) is 0 Å². The summed E-state index contributed by atoms with van der Waals surface area (Å²) >= 11 is 1.71. The molecule has 0 aliphatic rings. The van der Waals surface area contributed by atoms with Gasteiger partial charge >= 0.3 is 0 Å². The van der Waals surface area contributed by atoms with Gasteiger partial charge in [-0.1, -0.05) is 93.6 Å². The molecule has 0 amide bonds. The van der Waals surface area contributed by atoms with Crippen molar-refractivity contribution in [2.45, 2.75) is 30.4 Å². The van der Waals surface area contributed by atoms with E-state index in [1.165, 1.54) is 10.6 Å². The molecule has 0 aliphatic heterocycles. The Balaban J connectivity index is 2.13. The lowest BCUT2D eigenvalue weighted by Crippen LogP contribution is -2.21. The van der Waals surface area contributed by atoms with E-state index in [4.69, 9.17) is 0 Å². The molecule has 3 heteroatoms. The molecular formula is C22H23OPS. The van der Waals surface area contributed by atoms with Crippen molar-refractivity contribution in [3.63, 3.8) is 0 Å². The number of hydrogen-bond acceptors (Lipinski definition) is 2. The molecule has 0 spiro atoms. The Morgan fingerprint density at radius 2 is 1.24 bits per heavy atom. The number of para-hydroxylation sites is 1. The van der Waals surface area contributed by atoms with Crippen molar-refractivity contribution in [1.82, 2.24) is 0 Å². The first-order chi connectivity index (χ1) is 12.0. The number of benzene rings is 3. The monoisotopic (exact) mass is 366 g/mol. The van der Waals surface area contributed by atoms with Crippen LogP contribution in [0.25, 0.3) is 0 Å². The molecule has 25 heavy (non-hydrogen) atoms. The highest BCUT2D eigenvalue weighted by atomic mass is 32.2. The zero-order valence-electron chi connectivity index (χ0n) is 14.8. The molecular weight excluding hydrogens is 343 g/mol. The third-order valence-corrected chi connectivity index (χ3v) is 7.30. The summed E-state index contributed by atoms with van der Waals surface area (Å²) in [5.74, 6) is 0.418. The zero-order valence-corrected chi connectivity index (χ0v) is 16.5. The Kier molecular flexibility index (Phi) is 5.51. The van der Waals surface area contributed by atoms with Crippen LogP contribution in [-0.2, 0) is 0 Å². The maximum Gasteiger partial charge on any atom is 0.137 e. The number of phenols is 1. The van der Waals surface area contributed by atoms with E-state index < -0.39 is 7.92 Å². The lowest BCUT2D eigenvalue weighted by molar-refractivity contribution is 0.466. The first kappa shape index (κ1) is 18.0. The zero-order chi connectivity index (χ0) is 17.9. The Bertz CT molecular complexity index is 786. The fraction of sp³-hybridized carbons (Fsp3) is 0.182. The molecule has 0 heterocycles. The van der Waals surface area contributed by atoms with Crippen LogP contribution in [-0.4, -0.2) is 9.85 Å². The average Bonchev–Trinajstić information content (AvgIpc) is 2.59. The highest BCUT2D eigenvalue weighted by Crippen LogP contribution is 2.42. The Hall–Kier alpha value is -1.76. The van der Waals surface area contributed by atoms with Crippen LogP contribution in [0, 0.1) is 0 Å². The first-order valence-corrected chi connectivity index (χ1v) is 10.5. The molecule has 0 unspecified atom stereocenters. The summed E-state index contributed by atoms with van der Waals surface area (Å²) in [4.78, 5) is 0.948. The summed E-state index contributed by atoms with van der Waals surface area (Å²) in [6.07, 6.45) is 0. The van der Waals surface area contributed by atoms with Gasteiger partial charge in [0, 0.05) is 10.1 Å². The van der Waals surface area contributed by atoms with E-state index >= 15 is 0 Å². The predicted octanol–water partition coefficient (Wildman–Crippen LogP) is 5.04.